The van der Waals surface area contributed by atoms with Gasteiger partial charge in [0.05, 0.1) is 5.30 Å². The van der Waals surface area contributed by atoms with Crippen LogP contribution in [0.15, 0.2) is 78.9 Å². The monoisotopic (exact) mass is 310 g/mol. The van der Waals surface area contributed by atoms with Crippen molar-refractivity contribution in [3.63, 3.8) is 0 Å². The van der Waals surface area contributed by atoms with Crippen LogP contribution in [-0.4, -0.2) is 9.79 Å². The smallest absolute Gasteiger partial charge is 0.321 e. The predicted molar refractivity (Wildman–Crippen MR) is 89.0 cm³/mol. The maximum Gasteiger partial charge on any atom is 0.356 e. The molecule has 0 aliphatic rings. The Morgan fingerprint density at radius 1 is 0.636 bits per heavy atom. The molecule has 0 saturated heterocycles. The molecule has 0 amide bonds. The second-order valence-corrected chi connectivity index (χ2v) is 6.61. The molecule has 3 aromatic carbocycles. The Morgan fingerprint density at radius 3 is 1.82 bits per heavy atom. The summed E-state index contributed by atoms with van der Waals surface area (Å²) in [6.45, 7) is 0. The molecular formula is C18H15O3P. The van der Waals surface area contributed by atoms with E-state index in [0.717, 1.165) is 22.3 Å². The van der Waals surface area contributed by atoms with Gasteiger partial charge in [0.15, 0.2) is 0 Å². The van der Waals surface area contributed by atoms with Crippen molar-refractivity contribution >= 4 is 12.9 Å². The van der Waals surface area contributed by atoms with E-state index >= 15 is 0 Å². The molecule has 4 heteroatoms. The fourth-order valence-corrected chi connectivity index (χ4v) is 3.05. The van der Waals surface area contributed by atoms with Gasteiger partial charge in [-0.2, -0.15) is 0 Å². The minimum absolute atomic E-state index is 0.0351. The van der Waals surface area contributed by atoms with E-state index in [1.54, 1.807) is 12.1 Å². The first kappa shape index (κ1) is 14.7. The van der Waals surface area contributed by atoms with E-state index in [1.807, 2.05) is 60.7 Å². The molecule has 0 aliphatic carbocycles. The highest BCUT2D eigenvalue weighted by Crippen LogP contribution is 2.36. The van der Waals surface area contributed by atoms with Crippen LogP contribution in [0, 0.1) is 0 Å². The van der Waals surface area contributed by atoms with Crippen LogP contribution in [0.1, 0.15) is 0 Å². The van der Waals surface area contributed by atoms with Crippen molar-refractivity contribution in [2.24, 2.45) is 0 Å². The van der Waals surface area contributed by atoms with Crippen LogP contribution in [0.3, 0.4) is 0 Å². The van der Waals surface area contributed by atoms with E-state index in [2.05, 4.69) is 0 Å². The van der Waals surface area contributed by atoms with Gasteiger partial charge in [-0.1, -0.05) is 66.7 Å². The SMILES string of the molecule is O=P(O)(O)c1cccc(-c2ccccc2-c2ccccc2)c1. The lowest BCUT2D eigenvalue weighted by Gasteiger charge is -2.12. The normalized spacial score (nSPS) is 11.4. The lowest BCUT2D eigenvalue weighted by atomic mass is 9.95. The molecule has 0 atom stereocenters. The zero-order valence-electron chi connectivity index (χ0n) is 11.8. The predicted octanol–water partition coefficient (Wildman–Crippen LogP) is 3.82. The Labute approximate surface area is 129 Å². The average molecular weight is 310 g/mol. The van der Waals surface area contributed by atoms with Crippen molar-refractivity contribution in [3.05, 3.63) is 78.9 Å². The molecule has 22 heavy (non-hydrogen) atoms. The van der Waals surface area contributed by atoms with Gasteiger partial charge in [-0.3, -0.25) is 4.57 Å². The van der Waals surface area contributed by atoms with Gasteiger partial charge < -0.3 is 9.79 Å². The van der Waals surface area contributed by atoms with Crippen LogP contribution < -0.4 is 5.30 Å². The van der Waals surface area contributed by atoms with E-state index in [4.69, 9.17) is 0 Å². The molecule has 0 fully saturated rings. The van der Waals surface area contributed by atoms with Crippen LogP contribution in [0.25, 0.3) is 22.3 Å². The summed E-state index contributed by atoms with van der Waals surface area (Å²) < 4.78 is 11.5. The average Bonchev–Trinajstić information content (AvgIpc) is 2.55. The van der Waals surface area contributed by atoms with Gasteiger partial charge in [-0.25, -0.2) is 0 Å². The lowest BCUT2D eigenvalue weighted by molar-refractivity contribution is 0.387. The molecule has 2 N–H and O–H groups in total. The Hall–Kier alpha value is -2.19. The van der Waals surface area contributed by atoms with Gasteiger partial charge in [0, 0.05) is 0 Å². The van der Waals surface area contributed by atoms with Gasteiger partial charge in [0.1, 0.15) is 0 Å². The second kappa shape index (κ2) is 5.90. The summed E-state index contributed by atoms with van der Waals surface area (Å²) in [4.78, 5) is 18.7. The molecule has 110 valence electrons. The first-order valence-corrected chi connectivity index (χ1v) is 8.48. The number of benzene rings is 3. The summed E-state index contributed by atoms with van der Waals surface area (Å²) in [5, 5.41) is 0.0351. The van der Waals surface area contributed by atoms with Crippen molar-refractivity contribution in [2.75, 3.05) is 0 Å². The first-order chi connectivity index (χ1) is 10.6. The van der Waals surface area contributed by atoms with Crippen LogP contribution in [0.4, 0.5) is 0 Å². The second-order valence-electron chi connectivity index (χ2n) is 5.01. The Morgan fingerprint density at radius 2 is 1.18 bits per heavy atom. The Kier molecular flexibility index (Phi) is 3.95. The van der Waals surface area contributed by atoms with Gasteiger partial charge in [-0.05, 0) is 34.4 Å². The van der Waals surface area contributed by atoms with Crippen molar-refractivity contribution < 1.29 is 14.4 Å². The summed E-state index contributed by atoms with van der Waals surface area (Å²) in [6, 6.07) is 24.3. The largest absolute Gasteiger partial charge is 0.356 e. The van der Waals surface area contributed by atoms with E-state index < -0.39 is 7.60 Å². The number of hydrogen-bond acceptors (Lipinski definition) is 1. The lowest BCUT2D eigenvalue weighted by Crippen LogP contribution is -2.03. The van der Waals surface area contributed by atoms with Gasteiger partial charge in [0.2, 0.25) is 0 Å². The highest BCUT2D eigenvalue weighted by atomic mass is 31.2. The third-order valence-electron chi connectivity index (χ3n) is 3.51. The molecule has 0 unspecified atom stereocenters. The zero-order chi connectivity index (χ0) is 15.6. The fourth-order valence-electron chi connectivity index (χ4n) is 2.46. The van der Waals surface area contributed by atoms with E-state index in [0.29, 0.717) is 0 Å². The minimum Gasteiger partial charge on any atom is -0.321 e. The molecule has 0 heterocycles. The van der Waals surface area contributed by atoms with Crippen molar-refractivity contribution in [1.29, 1.82) is 0 Å². The zero-order valence-corrected chi connectivity index (χ0v) is 12.6. The quantitative estimate of drug-likeness (QED) is 0.723. The van der Waals surface area contributed by atoms with Crippen molar-refractivity contribution in [1.82, 2.24) is 0 Å². The summed E-state index contributed by atoms with van der Waals surface area (Å²) >= 11 is 0. The minimum atomic E-state index is -4.25. The molecule has 0 aliphatic heterocycles. The molecular weight excluding hydrogens is 295 g/mol. The van der Waals surface area contributed by atoms with Crippen LogP contribution in [-0.2, 0) is 4.57 Å². The standard InChI is InChI=1S/C18H15O3P/c19-22(20,21)16-10-6-9-15(13-16)18-12-5-4-11-17(18)14-7-2-1-3-8-14/h1-13H,(H2,19,20,21). The van der Waals surface area contributed by atoms with Gasteiger partial charge in [-0.15, -0.1) is 0 Å². The summed E-state index contributed by atoms with van der Waals surface area (Å²) in [7, 11) is -4.25. The molecule has 0 saturated carbocycles. The molecule has 0 aromatic heterocycles. The van der Waals surface area contributed by atoms with Crippen molar-refractivity contribution in [3.8, 4) is 22.3 Å². The van der Waals surface area contributed by atoms with Gasteiger partial charge >= 0.3 is 7.60 Å². The van der Waals surface area contributed by atoms with E-state index in [1.165, 1.54) is 6.07 Å². The summed E-state index contributed by atoms with van der Waals surface area (Å²) in [5.41, 5.74) is 3.84. The third-order valence-corrected chi connectivity index (χ3v) is 4.46. The molecule has 3 nitrogen and oxygen atoms in total. The molecule has 3 aromatic rings. The Bertz CT molecular complexity index is 838. The van der Waals surface area contributed by atoms with E-state index in [9.17, 15) is 14.4 Å². The molecule has 3 rings (SSSR count). The van der Waals surface area contributed by atoms with Crippen LogP contribution in [0.2, 0.25) is 0 Å². The first-order valence-electron chi connectivity index (χ1n) is 6.87. The third kappa shape index (κ3) is 3.02. The maximum atomic E-state index is 11.5. The summed E-state index contributed by atoms with van der Waals surface area (Å²) in [5.74, 6) is 0. The Balaban J connectivity index is 2.16. The van der Waals surface area contributed by atoms with Crippen LogP contribution in [0.5, 0.6) is 0 Å². The fraction of sp³-hybridized carbons (Fsp3) is 0. The van der Waals surface area contributed by atoms with Gasteiger partial charge in [0.25, 0.3) is 0 Å². The highest BCUT2D eigenvalue weighted by Gasteiger charge is 2.17. The highest BCUT2D eigenvalue weighted by molar-refractivity contribution is 7.60. The van der Waals surface area contributed by atoms with Crippen molar-refractivity contribution in [2.45, 2.75) is 0 Å². The molecule has 0 bridgehead atoms. The topological polar surface area (TPSA) is 57.5 Å². The number of rotatable bonds is 3. The molecule has 0 radical (unpaired) electrons. The van der Waals surface area contributed by atoms with E-state index in [-0.39, 0.29) is 5.30 Å². The number of hydrogen-bond donors (Lipinski definition) is 2. The van der Waals surface area contributed by atoms with Crippen LogP contribution >= 0.6 is 7.60 Å². The molecule has 0 spiro atoms. The maximum absolute atomic E-state index is 11.5. The summed E-state index contributed by atoms with van der Waals surface area (Å²) in [6.07, 6.45) is 0.